The fourth-order valence-corrected chi connectivity index (χ4v) is 3.17. The Morgan fingerprint density at radius 3 is 2.56 bits per heavy atom. The van der Waals surface area contributed by atoms with E-state index in [0.29, 0.717) is 12.2 Å². The minimum Gasteiger partial charge on any atom is -0.490 e. The molecule has 0 radical (unpaired) electrons. The second-order valence-electron chi connectivity index (χ2n) is 5.37. The highest BCUT2D eigenvalue weighted by Crippen LogP contribution is 2.39. The molecule has 1 fully saturated rings. The Kier molecular flexibility index (Phi) is 3.23. The maximum Gasteiger partial charge on any atom is 0.201 e. The van der Waals surface area contributed by atoms with E-state index in [4.69, 9.17) is 4.74 Å². The maximum absolute atomic E-state index is 14.1. The Hall–Kier alpha value is -1.12. The third kappa shape index (κ3) is 2.00. The highest BCUT2D eigenvalue weighted by Gasteiger charge is 2.26. The van der Waals surface area contributed by atoms with Crippen molar-refractivity contribution in [2.24, 2.45) is 0 Å². The zero-order valence-electron chi connectivity index (χ0n) is 10.5. The number of rotatable bonds is 1. The standard InChI is InChI=1S/C15H18F2O/c16-13-12(10-5-2-1-3-6-10)9-11-7-4-8-18-15(11)14(13)17/h9-10H,1-8H2. The summed E-state index contributed by atoms with van der Waals surface area (Å²) in [6, 6.07) is 1.85. The number of hydrogen-bond acceptors (Lipinski definition) is 1. The van der Waals surface area contributed by atoms with E-state index in [1.165, 1.54) is 6.42 Å². The summed E-state index contributed by atoms with van der Waals surface area (Å²) in [7, 11) is 0. The molecule has 1 heterocycles. The van der Waals surface area contributed by atoms with Crippen LogP contribution in [0.1, 0.15) is 55.6 Å². The smallest absolute Gasteiger partial charge is 0.201 e. The van der Waals surface area contributed by atoms with Crippen molar-refractivity contribution >= 4 is 0 Å². The first-order chi connectivity index (χ1) is 8.77. The van der Waals surface area contributed by atoms with Crippen LogP contribution in [0.15, 0.2) is 6.07 Å². The largest absolute Gasteiger partial charge is 0.490 e. The quantitative estimate of drug-likeness (QED) is 0.722. The lowest BCUT2D eigenvalue weighted by Gasteiger charge is -2.25. The van der Waals surface area contributed by atoms with Gasteiger partial charge in [0.2, 0.25) is 5.82 Å². The van der Waals surface area contributed by atoms with Gasteiger partial charge in [-0.25, -0.2) is 4.39 Å². The molecule has 1 aliphatic heterocycles. The van der Waals surface area contributed by atoms with Gasteiger partial charge in [0.05, 0.1) is 6.61 Å². The van der Waals surface area contributed by atoms with Crippen LogP contribution >= 0.6 is 0 Å². The molecular weight excluding hydrogens is 234 g/mol. The van der Waals surface area contributed by atoms with Crippen LogP contribution < -0.4 is 4.74 Å². The number of hydrogen-bond donors (Lipinski definition) is 0. The summed E-state index contributed by atoms with van der Waals surface area (Å²) in [5.74, 6) is -1.10. The van der Waals surface area contributed by atoms with Crippen LogP contribution in [0.4, 0.5) is 8.78 Å². The van der Waals surface area contributed by atoms with Crippen molar-refractivity contribution in [3.8, 4) is 5.75 Å². The van der Waals surface area contributed by atoms with Gasteiger partial charge in [-0.1, -0.05) is 19.3 Å². The van der Waals surface area contributed by atoms with Crippen molar-refractivity contribution in [1.29, 1.82) is 0 Å². The van der Waals surface area contributed by atoms with Crippen molar-refractivity contribution < 1.29 is 13.5 Å². The molecule has 1 saturated carbocycles. The normalized spacial score (nSPS) is 20.3. The van der Waals surface area contributed by atoms with Crippen LogP contribution in [0, 0.1) is 11.6 Å². The molecule has 1 aromatic rings. The molecule has 18 heavy (non-hydrogen) atoms. The van der Waals surface area contributed by atoms with Crippen LogP contribution in [0.5, 0.6) is 5.75 Å². The topological polar surface area (TPSA) is 9.23 Å². The first kappa shape index (κ1) is 11.9. The Balaban J connectivity index is 2.01. The zero-order valence-corrected chi connectivity index (χ0v) is 10.5. The van der Waals surface area contributed by atoms with Gasteiger partial charge in [0, 0.05) is 0 Å². The molecule has 1 aromatic carbocycles. The molecule has 0 atom stereocenters. The first-order valence-corrected chi connectivity index (χ1v) is 6.91. The predicted molar refractivity (Wildman–Crippen MR) is 66.0 cm³/mol. The predicted octanol–water partition coefficient (Wildman–Crippen LogP) is 4.34. The Morgan fingerprint density at radius 1 is 1.00 bits per heavy atom. The molecule has 1 nitrogen and oxygen atoms in total. The van der Waals surface area contributed by atoms with Crippen LogP contribution in [0.25, 0.3) is 0 Å². The molecule has 3 heteroatoms. The van der Waals surface area contributed by atoms with Crippen molar-refractivity contribution in [1.82, 2.24) is 0 Å². The number of fused-ring (bicyclic) bond motifs is 1. The number of aryl methyl sites for hydroxylation is 1. The van der Waals surface area contributed by atoms with Gasteiger partial charge < -0.3 is 4.74 Å². The maximum atomic E-state index is 14.1. The van der Waals surface area contributed by atoms with E-state index >= 15 is 0 Å². The van der Waals surface area contributed by atoms with E-state index < -0.39 is 11.6 Å². The summed E-state index contributed by atoms with van der Waals surface area (Å²) in [5.41, 5.74) is 1.43. The third-order valence-electron chi connectivity index (χ3n) is 4.15. The first-order valence-electron chi connectivity index (χ1n) is 6.91. The van der Waals surface area contributed by atoms with E-state index in [2.05, 4.69) is 0 Å². The molecule has 0 saturated heterocycles. The van der Waals surface area contributed by atoms with Gasteiger partial charge in [-0.3, -0.25) is 0 Å². The fourth-order valence-electron chi connectivity index (χ4n) is 3.17. The van der Waals surface area contributed by atoms with Crippen LogP contribution in [0.2, 0.25) is 0 Å². The molecule has 1 aliphatic carbocycles. The molecule has 0 bridgehead atoms. The average molecular weight is 252 g/mol. The zero-order chi connectivity index (χ0) is 12.5. The third-order valence-corrected chi connectivity index (χ3v) is 4.15. The van der Waals surface area contributed by atoms with Gasteiger partial charge in [0.15, 0.2) is 11.6 Å². The summed E-state index contributed by atoms with van der Waals surface area (Å²) in [6.07, 6.45) is 7.12. The molecule has 2 aliphatic rings. The Morgan fingerprint density at radius 2 is 1.78 bits per heavy atom. The van der Waals surface area contributed by atoms with Gasteiger partial charge in [-0.2, -0.15) is 4.39 Å². The molecule has 0 spiro atoms. The van der Waals surface area contributed by atoms with Crippen molar-refractivity contribution in [3.63, 3.8) is 0 Å². The molecule has 0 aromatic heterocycles. The molecule has 0 N–H and O–H groups in total. The highest BCUT2D eigenvalue weighted by molar-refractivity contribution is 5.42. The van der Waals surface area contributed by atoms with Crippen LogP contribution in [-0.4, -0.2) is 6.61 Å². The fraction of sp³-hybridized carbons (Fsp3) is 0.600. The molecule has 98 valence electrons. The summed E-state index contributed by atoms with van der Waals surface area (Å²) in [5, 5.41) is 0. The van der Waals surface area contributed by atoms with E-state index in [0.717, 1.165) is 44.1 Å². The highest BCUT2D eigenvalue weighted by atomic mass is 19.2. The van der Waals surface area contributed by atoms with Gasteiger partial charge in [-0.15, -0.1) is 0 Å². The van der Waals surface area contributed by atoms with Crippen molar-refractivity contribution in [2.75, 3.05) is 6.61 Å². The Bertz CT molecular complexity index is 450. The second-order valence-corrected chi connectivity index (χ2v) is 5.37. The van der Waals surface area contributed by atoms with Crippen molar-refractivity contribution in [3.05, 3.63) is 28.8 Å². The SMILES string of the molecule is Fc1c(C2CCCCC2)cc2c(c1F)OCCC2. The van der Waals surface area contributed by atoms with Gasteiger partial charge in [0.1, 0.15) is 0 Å². The van der Waals surface area contributed by atoms with E-state index in [1.54, 1.807) is 0 Å². The molecule has 3 rings (SSSR count). The van der Waals surface area contributed by atoms with Gasteiger partial charge >= 0.3 is 0 Å². The molecular formula is C15H18F2O. The summed E-state index contributed by atoms with van der Waals surface area (Å²) >= 11 is 0. The number of ether oxygens (including phenoxy) is 1. The summed E-state index contributed by atoms with van der Waals surface area (Å²) < 4.78 is 33.4. The van der Waals surface area contributed by atoms with Crippen LogP contribution in [0.3, 0.4) is 0 Å². The summed E-state index contributed by atoms with van der Waals surface area (Å²) in [4.78, 5) is 0. The number of benzene rings is 1. The van der Waals surface area contributed by atoms with Gasteiger partial charge in [-0.05, 0) is 48.8 Å². The second kappa shape index (κ2) is 4.87. The monoisotopic (exact) mass is 252 g/mol. The lowest BCUT2D eigenvalue weighted by atomic mass is 9.82. The lowest BCUT2D eigenvalue weighted by Crippen LogP contribution is -2.15. The minimum atomic E-state index is -0.771. The van der Waals surface area contributed by atoms with Crippen LogP contribution in [-0.2, 0) is 6.42 Å². The summed E-state index contributed by atoms with van der Waals surface area (Å²) in [6.45, 7) is 0.492. The molecule has 0 amide bonds. The van der Waals surface area contributed by atoms with E-state index in [9.17, 15) is 8.78 Å². The van der Waals surface area contributed by atoms with Gasteiger partial charge in [0.25, 0.3) is 0 Å². The average Bonchev–Trinajstić information content (AvgIpc) is 2.44. The Labute approximate surface area is 106 Å². The van der Waals surface area contributed by atoms with E-state index in [1.807, 2.05) is 6.07 Å². The minimum absolute atomic E-state index is 0.151. The van der Waals surface area contributed by atoms with E-state index in [-0.39, 0.29) is 11.7 Å². The molecule has 0 unspecified atom stereocenters. The lowest BCUT2D eigenvalue weighted by molar-refractivity contribution is 0.266. The number of halogens is 2. The van der Waals surface area contributed by atoms with Crippen molar-refractivity contribution in [2.45, 2.75) is 50.9 Å².